The minimum atomic E-state index is -4.92. The molecule has 0 saturated carbocycles. The molecule has 18 heteroatoms. The van der Waals surface area contributed by atoms with Gasteiger partial charge in [-0.25, -0.2) is 9.13 Å². The van der Waals surface area contributed by atoms with Crippen LogP contribution >= 0.6 is 15.6 Å². The van der Waals surface area contributed by atoms with E-state index in [-0.39, 0.29) is 19.3 Å². The minimum absolute atomic E-state index is 0.105. The Morgan fingerprint density at radius 2 is 0.609 bits per heavy atom. The second-order valence-corrected chi connectivity index (χ2v) is 25.5. The van der Waals surface area contributed by atoms with Crippen molar-refractivity contribution in [2.24, 2.45) is 0 Å². The van der Waals surface area contributed by atoms with Gasteiger partial charge in [0.15, 0.2) is 6.10 Å². The minimum Gasteiger partial charge on any atom is -0.463 e. The summed E-state index contributed by atoms with van der Waals surface area (Å²) in [6.07, 6.45) is 66.3. The normalized spacial score (nSPS) is 14.8. The fourth-order valence-electron chi connectivity index (χ4n) is 8.92. The summed E-state index contributed by atoms with van der Waals surface area (Å²) in [5, 5.41) is 20.5. The van der Waals surface area contributed by atoms with Gasteiger partial charge in [0.1, 0.15) is 25.4 Å². The number of carbonyl (C=O) groups is 3. The highest BCUT2D eigenvalue weighted by Crippen LogP contribution is 2.45. The topological polar surface area (TPSA) is 231 Å². The van der Waals surface area contributed by atoms with Crippen LogP contribution in [-0.4, -0.2) is 95.9 Å². The number of ether oxygens (including phenoxy) is 3. The number of phosphoric ester groups is 2. The molecule has 0 amide bonds. The summed E-state index contributed by atoms with van der Waals surface area (Å²) >= 11 is 0. The molecule has 0 spiro atoms. The largest absolute Gasteiger partial charge is 0.472 e. The molecule has 0 aromatic heterocycles. The van der Waals surface area contributed by atoms with E-state index < -0.39 is 91.5 Å². The molecule has 504 valence electrons. The lowest BCUT2D eigenvalue weighted by Crippen LogP contribution is -2.30. The lowest BCUT2D eigenvalue weighted by molar-refractivity contribution is -0.161. The predicted octanol–water partition coefficient (Wildman–Crippen LogP) is 18.5. The lowest BCUT2D eigenvalue weighted by atomic mass is 10.0. The van der Waals surface area contributed by atoms with Crippen LogP contribution in [-0.2, 0) is 55.8 Å². The quantitative estimate of drug-likeness (QED) is 0.0146. The number of carbonyl (C=O) groups excluding carboxylic acids is 3. The Bertz CT molecular complexity index is 1930. The van der Waals surface area contributed by atoms with E-state index in [9.17, 15) is 43.5 Å². The summed E-state index contributed by atoms with van der Waals surface area (Å²) in [6.45, 7) is 2.51. The molecule has 4 N–H and O–H groups in total. The number of esters is 3. The fraction of sp³-hybridized carbons (Fsp3) is 0.754. The summed E-state index contributed by atoms with van der Waals surface area (Å²) < 4.78 is 60.8. The molecule has 0 saturated heterocycles. The molecule has 0 aromatic rings. The summed E-state index contributed by atoms with van der Waals surface area (Å²) in [5.74, 6) is -1.59. The molecule has 0 aliphatic carbocycles. The molecule has 5 unspecified atom stereocenters. The van der Waals surface area contributed by atoms with Gasteiger partial charge in [-0.05, 0) is 96.3 Å². The monoisotopic (exact) mass is 1270 g/mol. The van der Waals surface area contributed by atoms with Crippen molar-refractivity contribution in [3.63, 3.8) is 0 Å². The maximum atomic E-state index is 12.9. The number of allylic oxidation sites excluding steroid dienone is 14. The summed E-state index contributed by atoms with van der Waals surface area (Å²) in [4.78, 5) is 58.3. The Kier molecular flexibility index (Phi) is 60.5. The Balaban J connectivity index is 4.63. The first-order chi connectivity index (χ1) is 42.2. The third-order valence-corrected chi connectivity index (χ3v) is 16.0. The van der Waals surface area contributed by atoms with Crippen molar-refractivity contribution >= 4 is 33.6 Å². The Morgan fingerprint density at radius 1 is 0.333 bits per heavy atom. The van der Waals surface area contributed by atoms with Crippen LogP contribution in [0.5, 0.6) is 0 Å². The van der Waals surface area contributed by atoms with Crippen LogP contribution in [0.2, 0.25) is 0 Å². The van der Waals surface area contributed by atoms with Gasteiger partial charge in [-0.1, -0.05) is 247 Å². The summed E-state index contributed by atoms with van der Waals surface area (Å²) in [7, 11) is -9.77. The second-order valence-electron chi connectivity index (χ2n) is 22.6. The number of phosphoric acid groups is 2. The molecule has 0 heterocycles. The highest BCUT2D eigenvalue weighted by molar-refractivity contribution is 7.47. The predicted molar refractivity (Wildman–Crippen MR) is 353 cm³/mol. The van der Waals surface area contributed by atoms with Crippen molar-refractivity contribution in [2.75, 3.05) is 39.6 Å². The van der Waals surface area contributed by atoms with Crippen molar-refractivity contribution in [3.8, 4) is 0 Å². The molecule has 16 nitrogen and oxygen atoms in total. The lowest BCUT2D eigenvalue weighted by Gasteiger charge is -2.21. The molecule has 0 bridgehead atoms. The first kappa shape index (κ1) is 83.7. The highest BCUT2D eigenvalue weighted by Gasteiger charge is 2.29. The van der Waals surface area contributed by atoms with E-state index in [1.165, 1.54) is 77.0 Å². The number of hydrogen-bond donors (Lipinski definition) is 4. The van der Waals surface area contributed by atoms with Crippen LogP contribution in [0.25, 0.3) is 0 Å². The maximum Gasteiger partial charge on any atom is 0.472 e. The molecule has 0 aliphatic heterocycles. The third kappa shape index (κ3) is 64.1. The van der Waals surface area contributed by atoms with Gasteiger partial charge in [-0.15, -0.1) is 0 Å². The van der Waals surface area contributed by atoms with Crippen molar-refractivity contribution in [3.05, 3.63) is 85.1 Å². The first-order valence-corrected chi connectivity index (χ1v) is 36.9. The standard InChI is InChI=1S/C69H122O16P2/c1-4-7-10-13-16-19-22-25-27-29-30-31-32-34-36-38-40-43-46-49-52-55-67(72)79-58-64(70)59-81-86(75,76)82-60-65(71)61-83-87(77,78)84-63-66(85-69(74)57-54-51-48-45-42-37-24-21-18-15-12-9-6-3)62-80-68(73)56-53-50-47-44-41-39-35-33-28-26-23-20-17-14-11-8-5-2/h8,11,16-17,19-20,25-28,30-31,34,36,64-66,70-71H,4-7,9-10,12-15,18,21-24,29,32-33,35,37-63H2,1-3H3,(H,75,76)(H,77,78)/b11-8-,19-16-,20-17-,27-25-,28-26-,31-30-,36-34-. The molecule has 0 fully saturated rings. The van der Waals surface area contributed by atoms with Gasteiger partial charge in [0, 0.05) is 19.3 Å². The smallest absolute Gasteiger partial charge is 0.463 e. The van der Waals surface area contributed by atoms with Crippen LogP contribution in [0.1, 0.15) is 278 Å². The molecule has 87 heavy (non-hydrogen) atoms. The fourth-order valence-corrected chi connectivity index (χ4v) is 10.5. The van der Waals surface area contributed by atoms with Crippen LogP contribution in [0.4, 0.5) is 0 Å². The van der Waals surface area contributed by atoms with Crippen LogP contribution < -0.4 is 0 Å². The number of rotatable bonds is 64. The van der Waals surface area contributed by atoms with E-state index in [1.54, 1.807) is 0 Å². The maximum absolute atomic E-state index is 12.9. The number of aliphatic hydroxyl groups excluding tert-OH is 2. The average Bonchev–Trinajstić information content (AvgIpc) is 3.69. The second kappa shape index (κ2) is 62.9. The van der Waals surface area contributed by atoms with Gasteiger partial charge in [0.2, 0.25) is 0 Å². The molecular weight excluding hydrogens is 1150 g/mol. The molecule has 0 aliphatic rings. The van der Waals surface area contributed by atoms with Gasteiger partial charge in [0.05, 0.1) is 26.4 Å². The van der Waals surface area contributed by atoms with E-state index in [0.717, 1.165) is 141 Å². The van der Waals surface area contributed by atoms with E-state index in [2.05, 4.69) is 106 Å². The van der Waals surface area contributed by atoms with Crippen molar-refractivity contribution in [1.82, 2.24) is 0 Å². The zero-order valence-corrected chi connectivity index (χ0v) is 56.2. The van der Waals surface area contributed by atoms with Gasteiger partial charge in [0.25, 0.3) is 0 Å². The molecule has 0 aromatic carbocycles. The van der Waals surface area contributed by atoms with E-state index in [0.29, 0.717) is 19.3 Å². The van der Waals surface area contributed by atoms with Crippen molar-refractivity contribution in [2.45, 2.75) is 296 Å². The summed E-state index contributed by atoms with van der Waals surface area (Å²) in [5.41, 5.74) is 0. The highest BCUT2D eigenvalue weighted by atomic mass is 31.2. The van der Waals surface area contributed by atoms with E-state index in [1.807, 2.05) is 0 Å². The number of unbranched alkanes of at least 4 members (excludes halogenated alkanes) is 27. The van der Waals surface area contributed by atoms with Crippen molar-refractivity contribution < 1.29 is 75.8 Å². The zero-order valence-electron chi connectivity index (χ0n) is 54.4. The zero-order chi connectivity index (χ0) is 63.8. The Hall–Kier alpha value is -3.27. The first-order valence-electron chi connectivity index (χ1n) is 33.9. The van der Waals surface area contributed by atoms with E-state index in [4.69, 9.17) is 32.3 Å². The van der Waals surface area contributed by atoms with Gasteiger partial charge in [-0.3, -0.25) is 32.5 Å². The molecule has 5 atom stereocenters. The SMILES string of the molecule is CC/C=C\C/C=C\C/C=C\CCCCCCCCCC(=O)OCC(COP(=O)(O)OCC(O)COP(=O)(O)OCC(O)COC(=O)CCCCCCC/C=C\C/C=C\C/C=C\C/C=C\CCCCC)OC(=O)CCCCCCCCCCCCCCC. The van der Waals surface area contributed by atoms with Gasteiger partial charge >= 0.3 is 33.6 Å². The number of aliphatic hydroxyl groups is 2. The third-order valence-electron chi connectivity index (χ3n) is 14.1. The van der Waals surface area contributed by atoms with Gasteiger partial charge in [-0.2, -0.15) is 0 Å². The van der Waals surface area contributed by atoms with Gasteiger partial charge < -0.3 is 34.2 Å². The molecular formula is C69H122O16P2. The summed E-state index contributed by atoms with van der Waals surface area (Å²) in [6, 6.07) is 0. The Labute approximate surface area is 527 Å². The van der Waals surface area contributed by atoms with Crippen molar-refractivity contribution in [1.29, 1.82) is 0 Å². The van der Waals surface area contributed by atoms with E-state index >= 15 is 0 Å². The molecule has 0 rings (SSSR count). The van der Waals surface area contributed by atoms with Crippen LogP contribution in [0.15, 0.2) is 85.1 Å². The Morgan fingerprint density at radius 3 is 0.989 bits per heavy atom. The van der Waals surface area contributed by atoms with Crippen LogP contribution in [0.3, 0.4) is 0 Å². The average molecular weight is 1270 g/mol. The van der Waals surface area contributed by atoms with Crippen LogP contribution in [0, 0.1) is 0 Å². The molecule has 0 radical (unpaired) electrons. The number of hydrogen-bond acceptors (Lipinski definition) is 14.